The van der Waals surface area contributed by atoms with Crippen molar-refractivity contribution in [1.29, 1.82) is 0 Å². The molecule has 2 aromatic rings. The third-order valence-electron chi connectivity index (χ3n) is 6.64. The second-order valence-corrected chi connectivity index (χ2v) is 8.87. The molecule has 2 aromatic carbocycles. The number of likely N-dealkylation sites (tertiary alicyclic amines) is 1. The van der Waals surface area contributed by atoms with Gasteiger partial charge in [0.15, 0.2) is 0 Å². The summed E-state index contributed by atoms with van der Waals surface area (Å²) in [7, 11) is 0. The standard InChI is InChI=1S/C26H31FN2O3/c27-23-9-7-21(8-10-23)22-5-1-4-20(18-22)19-26(11-16-32-17-12-26)25(31)28-13-3-15-29-14-2-6-24(29)30/h1,4-5,7-10,18H,2-3,6,11-17,19H2,(H,28,31). The molecule has 2 saturated heterocycles. The van der Waals surface area contributed by atoms with E-state index in [0.29, 0.717) is 52.0 Å². The summed E-state index contributed by atoms with van der Waals surface area (Å²) < 4.78 is 18.9. The lowest BCUT2D eigenvalue weighted by atomic mass is 9.74. The minimum absolute atomic E-state index is 0.0701. The van der Waals surface area contributed by atoms with E-state index in [4.69, 9.17) is 4.74 Å². The van der Waals surface area contributed by atoms with Crippen molar-refractivity contribution in [2.24, 2.45) is 5.41 Å². The van der Waals surface area contributed by atoms with Gasteiger partial charge in [0.1, 0.15) is 5.82 Å². The molecule has 0 spiro atoms. The molecule has 0 saturated carbocycles. The van der Waals surface area contributed by atoms with E-state index >= 15 is 0 Å². The lowest BCUT2D eigenvalue weighted by molar-refractivity contribution is -0.136. The third kappa shape index (κ3) is 5.36. The molecule has 2 aliphatic rings. The molecule has 2 heterocycles. The highest BCUT2D eigenvalue weighted by molar-refractivity contribution is 5.83. The highest BCUT2D eigenvalue weighted by atomic mass is 19.1. The van der Waals surface area contributed by atoms with Crippen LogP contribution in [0.15, 0.2) is 48.5 Å². The first-order chi connectivity index (χ1) is 15.6. The molecule has 6 heteroatoms. The van der Waals surface area contributed by atoms with E-state index in [1.807, 2.05) is 17.0 Å². The number of amides is 2. The number of benzene rings is 2. The fourth-order valence-electron chi connectivity index (χ4n) is 4.74. The van der Waals surface area contributed by atoms with Gasteiger partial charge in [-0.1, -0.05) is 36.4 Å². The first-order valence-electron chi connectivity index (χ1n) is 11.5. The molecule has 5 nitrogen and oxygen atoms in total. The number of nitrogens with zero attached hydrogens (tertiary/aromatic N) is 1. The van der Waals surface area contributed by atoms with E-state index in [-0.39, 0.29) is 17.6 Å². The lowest BCUT2D eigenvalue weighted by Gasteiger charge is -2.36. The van der Waals surface area contributed by atoms with Crippen LogP contribution < -0.4 is 5.32 Å². The Hall–Kier alpha value is -2.73. The van der Waals surface area contributed by atoms with E-state index in [1.165, 1.54) is 12.1 Å². The molecule has 2 amide bonds. The van der Waals surface area contributed by atoms with Crippen LogP contribution in [0.4, 0.5) is 4.39 Å². The zero-order valence-corrected chi connectivity index (χ0v) is 18.4. The van der Waals surface area contributed by atoms with Crippen LogP contribution in [0.1, 0.15) is 37.7 Å². The van der Waals surface area contributed by atoms with E-state index in [1.54, 1.807) is 12.1 Å². The van der Waals surface area contributed by atoms with Crippen molar-refractivity contribution in [3.8, 4) is 11.1 Å². The fraction of sp³-hybridized carbons (Fsp3) is 0.462. The number of halogens is 1. The molecule has 1 N–H and O–H groups in total. The molecule has 2 aliphatic heterocycles. The molecule has 0 unspecified atom stereocenters. The maximum absolute atomic E-state index is 13.3. The van der Waals surface area contributed by atoms with Crippen LogP contribution in [0.25, 0.3) is 11.1 Å². The number of hydrogen-bond acceptors (Lipinski definition) is 3. The Morgan fingerprint density at radius 1 is 1.09 bits per heavy atom. The van der Waals surface area contributed by atoms with Crippen LogP contribution >= 0.6 is 0 Å². The smallest absolute Gasteiger partial charge is 0.226 e. The van der Waals surface area contributed by atoms with Crippen LogP contribution in [0, 0.1) is 11.2 Å². The SMILES string of the molecule is O=C1CCCN1CCCNC(=O)C1(Cc2cccc(-c3ccc(F)cc3)c2)CCOCC1. The van der Waals surface area contributed by atoms with Gasteiger partial charge in [0.25, 0.3) is 0 Å². The summed E-state index contributed by atoms with van der Waals surface area (Å²) >= 11 is 0. The van der Waals surface area contributed by atoms with Gasteiger partial charge in [0, 0.05) is 39.3 Å². The van der Waals surface area contributed by atoms with Crippen LogP contribution in [-0.2, 0) is 20.7 Å². The molecule has 0 radical (unpaired) electrons. The highest BCUT2D eigenvalue weighted by Gasteiger charge is 2.40. The van der Waals surface area contributed by atoms with Gasteiger partial charge >= 0.3 is 0 Å². The predicted molar refractivity (Wildman–Crippen MR) is 121 cm³/mol. The molecule has 170 valence electrons. The predicted octanol–water partition coefficient (Wildman–Crippen LogP) is 3.96. The highest BCUT2D eigenvalue weighted by Crippen LogP contribution is 2.35. The van der Waals surface area contributed by atoms with Gasteiger partial charge < -0.3 is 15.0 Å². The molecule has 0 bridgehead atoms. The van der Waals surface area contributed by atoms with E-state index < -0.39 is 5.41 Å². The van der Waals surface area contributed by atoms with Crippen LogP contribution in [0.5, 0.6) is 0 Å². The summed E-state index contributed by atoms with van der Waals surface area (Å²) in [5.41, 5.74) is 2.56. The molecular weight excluding hydrogens is 407 g/mol. The average Bonchev–Trinajstić information content (AvgIpc) is 3.22. The van der Waals surface area contributed by atoms with Gasteiger partial charge in [-0.15, -0.1) is 0 Å². The van der Waals surface area contributed by atoms with Gasteiger partial charge in [-0.3, -0.25) is 9.59 Å². The van der Waals surface area contributed by atoms with E-state index in [0.717, 1.165) is 36.1 Å². The van der Waals surface area contributed by atoms with Crippen molar-refractivity contribution in [3.63, 3.8) is 0 Å². The van der Waals surface area contributed by atoms with Crippen molar-refractivity contribution in [1.82, 2.24) is 10.2 Å². The Labute approximate surface area is 188 Å². The van der Waals surface area contributed by atoms with E-state index in [2.05, 4.69) is 17.4 Å². The normalized spacial score (nSPS) is 18.0. The zero-order valence-electron chi connectivity index (χ0n) is 18.4. The first kappa shape index (κ1) is 22.5. The Kier molecular flexibility index (Phi) is 7.20. The van der Waals surface area contributed by atoms with Gasteiger partial charge in [0.2, 0.25) is 11.8 Å². The molecule has 0 atom stereocenters. The number of nitrogens with one attached hydrogen (secondary N) is 1. The second-order valence-electron chi connectivity index (χ2n) is 8.87. The quantitative estimate of drug-likeness (QED) is 0.635. The number of ether oxygens (including phenoxy) is 1. The number of carbonyl (C=O) groups excluding carboxylic acids is 2. The molecule has 2 fully saturated rings. The minimum Gasteiger partial charge on any atom is -0.381 e. The molecule has 0 aliphatic carbocycles. The Balaban J connectivity index is 1.41. The van der Waals surface area contributed by atoms with Crippen LogP contribution in [0.2, 0.25) is 0 Å². The van der Waals surface area contributed by atoms with Crippen molar-refractivity contribution in [2.75, 3.05) is 32.8 Å². The van der Waals surface area contributed by atoms with Gasteiger partial charge in [-0.25, -0.2) is 4.39 Å². The van der Waals surface area contributed by atoms with Crippen molar-refractivity contribution < 1.29 is 18.7 Å². The second kappa shape index (κ2) is 10.3. The lowest BCUT2D eigenvalue weighted by Crippen LogP contribution is -2.46. The molecular formula is C26H31FN2O3. The molecule has 0 aromatic heterocycles. The monoisotopic (exact) mass is 438 g/mol. The topological polar surface area (TPSA) is 58.6 Å². The molecule has 32 heavy (non-hydrogen) atoms. The zero-order chi connectivity index (χ0) is 22.4. The summed E-state index contributed by atoms with van der Waals surface area (Å²) in [6, 6.07) is 14.6. The maximum atomic E-state index is 13.3. The summed E-state index contributed by atoms with van der Waals surface area (Å²) in [5, 5.41) is 3.13. The van der Waals surface area contributed by atoms with Gasteiger partial charge in [0.05, 0.1) is 5.41 Å². The Bertz CT molecular complexity index is 938. The first-order valence-corrected chi connectivity index (χ1v) is 11.5. The Morgan fingerprint density at radius 3 is 2.59 bits per heavy atom. The van der Waals surface area contributed by atoms with Gasteiger partial charge in [-0.05, 0) is 60.9 Å². The van der Waals surface area contributed by atoms with Crippen LogP contribution in [0.3, 0.4) is 0 Å². The van der Waals surface area contributed by atoms with E-state index in [9.17, 15) is 14.0 Å². The van der Waals surface area contributed by atoms with Crippen molar-refractivity contribution >= 4 is 11.8 Å². The van der Waals surface area contributed by atoms with Crippen LogP contribution in [-0.4, -0.2) is 49.6 Å². The van der Waals surface area contributed by atoms with Crippen molar-refractivity contribution in [3.05, 3.63) is 59.9 Å². The Morgan fingerprint density at radius 2 is 1.88 bits per heavy atom. The largest absolute Gasteiger partial charge is 0.381 e. The average molecular weight is 439 g/mol. The summed E-state index contributed by atoms with van der Waals surface area (Å²) in [6.45, 7) is 3.26. The summed E-state index contributed by atoms with van der Waals surface area (Å²) in [4.78, 5) is 26.9. The summed E-state index contributed by atoms with van der Waals surface area (Å²) in [6.07, 6.45) is 4.36. The number of rotatable bonds is 8. The maximum Gasteiger partial charge on any atom is 0.226 e. The number of carbonyl (C=O) groups is 2. The van der Waals surface area contributed by atoms with Crippen molar-refractivity contribution in [2.45, 2.75) is 38.5 Å². The third-order valence-corrected chi connectivity index (χ3v) is 6.64. The van der Waals surface area contributed by atoms with Gasteiger partial charge in [-0.2, -0.15) is 0 Å². The summed E-state index contributed by atoms with van der Waals surface area (Å²) in [5.74, 6) is 0.0378. The minimum atomic E-state index is -0.497. The fourth-order valence-corrected chi connectivity index (χ4v) is 4.74. The number of hydrogen-bond donors (Lipinski definition) is 1. The molecule has 4 rings (SSSR count).